The van der Waals surface area contributed by atoms with Gasteiger partial charge in [-0.1, -0.05) is 37.0 Å². The number of urea groups is 1. The fraction of sp³-hybridized carbons (Fsp3) is 0.423. The maximum atomic E-state index is 13.5. The number of carbonyl (C=O) groups excluding carboxylic acids is 1. The Balaban J connectivity index is 1.96. The van der Waals surface area contributed by atoms with Gasteiger partial charge in [-0.3, -0.25) is 0 Å². The van der Waals surface area contributed by atoms with Gasteiger partial charge >= 0.3 is 6.03 Å². The summed E-state index contributed by atoms with van der Waals surface area (Å²) in [6.07, 6.45) is -1.40. The number of hydrogen-bond donors (Lipinski definition) is 3. The van der Waals surface area contributed by atoms with E-state index in [-0.39, 0.29) is 42.3 Å². The Kier molecular flexibility index (Phi) is 8.98. The van der Waals surface area contributed by atoms with E-state index in [4.69, 9.17) is 4.74 Å². The van der Waals surface area contributed by atoms with Crippen molar-refractivity contribution < 1.29 is 28.2 Å². The first-order chi connectivity index (χ1) is 17.0. The molecule has 1 aliphatic rings. The van der Waals surface area contributed by atoms with Crippen molar-refractivity contribution >= 4 is 21.7 Å². The fourth-order valence-corrected chi connectivity index (χ4v) is 5.63. The zero-order chi connectivity index (χ0) is 26.5. The standard InChI is InChI=1S/C26H33N3O6S/c1-18-15-29(19(2)17-30)36(33,34)25-13-12-21(11-10-20(3)31)14-23(25)35-24(18)16-28(4)26(32)27-22-8-6-5-7-9-22/h5-9,12-14,18-20,24,30-31H,15-17H2,1-4H3,(H,27,32)/t18-,19+,20-,24+/m0/s1. The Morgan fingerprint density at radius 2 is 1.94 bits per heavy atom. The van der Waals surface area contributed by atoms with Crippen molar-refractivity contribution in [3.8, 4) is 17.6 Å². The minimum Gasteiger partial charge on any atom is -0.487 e. The van der Waals surface area contributed by atoms with Gasteiger partial charge in [-0.05, 0) is 44.2 Å². The molecule has 9 nitrogen and oxygen atoms in total. The second-order valence-corrected chi connectivity index (χ2v) is 10.9. The van der Waals surface area contributed by atoms with Crippen molar-refractivity contribution in [2.24, 2.45) is 5.92 Å². The van der Waals surface area contributed by atoms with Gasteiger partial charge < -0.3 is 25.2 Å². The normalized spacial score (nSPS) is 20.8. The number of rotatable bonds is 5. The Morgan fingerprint density at radius 3 is 2.58 bits per heavy atom. The number of likely N-dealkylation sites (N-methyl/N-ethyl adjacent to an activating group) is 1. The van der Waals surface area contributed by atoms with Crippen LogP contribution in [0.3, 0.4) is 0 Å². The third-order valence-corrected chi connectivity index (χ3v) is 7.94. The number of sulfonamides is 1. The molecule has 2 aromatic carbocycles. The van der Waals surface area contributed by atoms with Crippen LogP contribution in [0.25, 0.3) is 0 Å². The summed E-state index contributed by atoms with van der Waals surface area (Å²) in [5, 5.41) is 22.1. The largest absolute Gasteiger partial charge is 0.487 e. The molecule has 36 heavy (non-hydrogen) atoms. The Morgan fingerprint density at radius 1 is 1.25 bits per heavy atom. The van der Waals surface area contributed by atoms with Gasteiger partial charge in [0.25, 0.3) is 0 Å². The molecule has 3 N–H and O–H groups in total. The number of nitrogens with zero attached hydrogens (tertiary/aromatic N) is 2. The van der Waals surface area contributed by atoms with Gasteiger partial charge in [0.2, 0.25) is 10.0 Å². The first-order valence-electron chi connectivity index (χ1n) is 11.7. The number of para-hydroxylation sites is 1. The summed E-state index contributed by atoms with van der Waals surface area (Å²) < 4.78 is 34.6. The number of anilines is 1. The fourth-order valence-electron chi connectivity index (χ4n) is 3.80. The molecule has 0 saturated heterocycles. The molecular formula is C26H33N3O6S. The number of ether oxygens (including phenoxy) is 1. The van der Waals surface area contributed by atoms with Crippen LogP contribution in [-0.2, 0) is 10.0 Å². The number of nitrogens with one attached hydrogen (secondary N) is 1. The lowest BCUT2D eigenvalue weighted by Crippen LogP contribution is -2.50. The average Bonchev–Trinajstić information content (AvgIpc) is 2.84. The lowest BCUT2D eigenvalue weighted by molar-refractivity contribution is 0.0830. The Bertz CT molecular complexity index is 1220. The summed E-state index contributed by atoms with van der Waals surface area (Å²) in [4.78, 5) is 14.2. The van der Waals surface area contributed by atoms with Crippen LogP contribution in [0.2, 0.25) is 0 Å². The molecule has 3 rings (SSSR count). The van der Waals surface area contributed by atoms with E-state index >= 15 is 0 Å². The summed E-state index contributed by atoms with van der Waals surface area (Å²) >= 11 is 0. The molecule has 1 aliphatic heterocycles. The zero-order valence-electron chi connectivity index (χ0n) is 20.9. The predicted molar refractivity (Wildman–Crippen MR) is 137 cm³/mol. The SMILES string of the molecule is C[C@H](O)C#Cc1ccc2c(c1)O[C@H](CN(C)C(=O)Nc1ccccc1)[C@@H](C)CN([C@H](C)CO)S2(=O)=O. The van der Waals surface area contributed by atoms with Crippen molar-refractivity contribution in [1.29, 1.82) is 0 Å². The average molecular weight is 516 g/mol. The van der Waals surface area contributed by atoms with Crippen LogP contribution < -0.4 is 10.1 Å². The van der Waals surface area contributed by atoms with Crippen LogP contribution in [0.1, 0.15) is 26.3 Å². The molecule has 1 heterocycles. The van der Waals surface area contributed by atoms with Crippen LogP contribution in [0.5, 0.6) is 5.75 Å². The molecular weight excluding hydrogens is 482 g/mol. The number of aliphatic hydroxyl groups excluding tert-OH is 2. The first-order valence-corrected chi connectivity index (χ1v) is 13.2. The molecule has 0 aromatic heterocycles. The molecule has 0 bridgehead atoms. The zero-order valence-corrected chi connectivity index (χ0v) is 21.7. The number of hydrogen-bond acceptors (Lipinski definition) is 6. The lowest BCUT2D eigenvalue weighted by Gasteiger charge is -2.37. The maximum Gasteiger partial charge on any atom is 0.321 e. The van der Waals surface area contributed by atoms with Crippen molar-refractivity contribution in [2.45, 2.75) is 43.9 Å². The van der Waals surface area contributed by atoms with Crippen LogP contribution in [0.4, 0.5) is 10.5 Å². The summed E-state index contributed by atoms with van der Waals surface area (Å²) in [5.41, 5.74) is 1.13. The second-order valence-electron chi connectivity index (χ2n) is 9.02. The third-order valence-electron chi connectivity index (χ3n) is 5.92. The van der Waals surface area contributed by atoms with Crippen molar-refractivity contribution in [3.05, 3.63) is 54.1 Å². The van der Waals surface area contributed by atoms with E-state index in [0.29, 0.717) is 11.3 Å². The van der Waals surface area contributed by atoms with E-state index in [1.165, 1.54) is 28.3 Å². The second kappa shape index (κ2) is 11.8. The monoisotopic (exact) mass is 515 g/mol. The van der Waals surface area contributed by atoms with Gasteiger partial charge in [0.1, 0.15) is 22.9 Å². The van der Waals surface area contributed by atoms with Gasteiger partial charge in [-0.25, -0.2) is 13.2 Å². The van der Waals surface area contributed by atoms with E-state index in [0.717, 1.165) is 0 Å². The number of aliphatic hydroxyl groups is 2. The molecule has 0 unspecified atom stereocenters. The minimum atomic E-state index is -3.99. The highest BCUT2D eigenvalue weighted by Gasteiger charge is 2.38. The molecule has 0 aliphatic carbocycles. The van der Waals surface area contributed by atoms with E-state index in [9.17, 15) is 23.4 Å². The van der Waals surface area contributed by atoms with E-state index in [2.05, 4.69) is 17.2 Å². The van der Waals surface area contributed by atoms with Gasteiger partial charge in [0, 0.05) is 36.8 Å². The van der Waals surface area contributed by atoms with Gasteiger partial charge in [-0.2, -0.15) is 4.31 Å². The third kappa shape index (κ3) is 6.56. The van der Waals surface area contributed by atoms with E-state index in [1.54, 1.807) is 32.2 Å². The number of fused-ring (bicyclic) bond motifs is 1. The van der Waals surface area contributed by atoms with Crippen LogP contribution in [-0.4, -0.2) is 78.9 Å². The predicted octanol–water partition coefficient (Wildman–Crippen LogP) is 2.35. The smallest absolute Gasteiger partial charge is 0.321 e. The molecule has 10 heteroatoms. The molecule has 0 fully saturated rings. The van der Waals surface area contributed by atoms with Crippen LogP contribution in [0, 0.1) is 17.8 Å². The summed E-state index contributed by atoms with van der Waals surface area (Å²) in [6.45, 7) is 4.97. The lowest BCUT2D eigenvalue weighted by atomic mass is 10.0. The summed E-state index contributed by atoms with van der Waals surface area (Å²) in [6, 6.07) is 12.6. The van der Waals surface area contributed by atoms with Crippen molar-refractivity contribution in [1.82, 2.24) is 9.21 Å². The van der Waals surface area contributed by atoms with E-state index in [1.807, 2.05) is 25.1 Å². The molecule has 4 atom stereocenters. The molecule has 0 saturated carbocycles. The van der Waals surface area contributed by atoms with Crippen molar-refractivity contribution in [2.75, 3.05) is 32.1 Å². The highest BCUT2D eigenvalue weighted by atomic mass is 32.2. The van der Waals surface area contributed by atoms with Gasteiger partial charge in [-0.15, -0.1) is 0 Å². The first kappa shape index (κ1) is 27.5. The van der Waals surface area contributed by atoms with Crippen LogP contribution in [0.15, 0.2) is 53.4 Å². The number of carbonyl (C=O) groups is 1. The van der Waals surface area contributed by atoms with Gasteiger partial charge in [0.05, 0.1) is 13.2 Å². The molecule has 194 valence electrons. The topological polar surface area (TPSA) is 119 Å². The number of benzene rings is 2. The highest BCUT2D eigenvalue weighted by molar-refractivity contribution is 7.89. The van der Waals surface area contributed by atoms with E-state index < -0.39 is 28.3 Å². The van der Waals surface area contributed by atoms with Crippen molar-refractivity contribution in [3.63, 3.8) is 0 Å². The van der Waals surface area contributed by atoms with Crippen LogP contribution >= 0.6 is 0 Å². The van der Waals surface area contributed by atoms with Gasteiger partial charge in [0.15, 0.2) is 0 Å². The summed E-state index contributed by atoms with van der Waals surface area (Å²) in [7, 11) is -2.34. The Labute approximate surface area is 212 Å². The summed E-state index contributed by atoms with van der Waals surface area (Å²) in [5.74, 6) is 5.24. The highest BCUT2D eigenvalue weighted by Crippen LogP contribution is 2.34. The maximum absolute atomic E-state index is 13.5. The Hall–Kier alpha value is -3.10. The molecule has 0 spiro atoms. The molecule has 2 aromatic rings. The molecule has 2 amide bonds. The molecule has 0 radical (unpaired) electrons. The number of amides is 2. The quantitative estimate of drug-likeness (QED) is 0.526. The minimum absolute atomic E-state index is 0.0429.